The first-order valence-electron chi connectivity index (χ1n) is 5.32. The molecule has 1 aromatic carbocycles. The van der Waals surface area contributed by atoms with Crippen molar-refractivity contribution < 1.29 is 14.7 Å². The first-order valence-corrected chi connectivity index (χ1v) is 6.26. The topological polar surface area (TPSA) is 54.4 Å². The molecule has 0 saturated heterocycles. The quantitative estimate of drug-likeness (QED) is 0.832. The third-order valence-corrected chi connectivity index (χ3v) is 3.66. The fraction of sp³-hybridized carbons (Fsp3) is 0.231. The maximum atomic E-state index is 12.0. The second-order valence-corrected chi connectivity index (χ2v) is 4.98. The van der Waals surface area contributed by atoms with Gasteiger partial charge in [-0.15, -0.1) is 11.8 Å². The monoisotopic (exact) mass is 248 g/mol. The number of allylic oxidation sites excluding steroid dienone is 1. The Morgan fingerprint density at radius 2 is 2.00 bits per heavy atom. The summed E-state index contributed by atoms with van der Waals surface area (Å²) in [4.78, 5) is 22.5. The van der Waals surface area contributed by atoms with Gasteiger partial charge in [0.05, 0.1) is 11.7 Å². The molecule has 0 aromatic heterocycles. The molecule has 3 nitrogen and oxygen atoms in total. The van der Waals surface area contributed by atoms with E-state index in [0.717, 1.165) is 6.42 Å². The average Bonchev–Trinajstić information content (AvgIpc) is 2.82. The average molecular weight is 248 g/mol. The molecule has 0 fully saturated rings. The fourth-order valence-electron chi connectivity index (χ4n) is 1.70. The van der Waals surface area contributed by atoms with Crippen molar-refractivity contribution in [3.05, 3.63) is 46.9 Å². The highest BCUT2D eigenvalue weighted by molar-refractivity contribution is 8.03. The number of aliphatic carboxylic acids is 1. The Bertz CT molecular complexity index is 454. The van der Waals surface area contributed by atoms with E-state index in [0.29, 0.717) is 11.1 Å². The summed E-state index contributed by atoms with van der Waals surface area (Å²) in [5.74, 6) is -0.749. The smallest absolute Gasteiger partial charge is 0.307 e. The van der Waals surface area contributed by atoms with Crippen molar-refractivity contribution in [2.24, 2.45) is 0 Å². The summed E-state index contributed by atoms with van der Waals surface area (Å²) >= 11 is 1.54. The third-order valence-electron chi connectivity index (χ3n) is 2.58. The molecule has 0 amide bonds. The van der Waals surface area contributed by atoms with Crippen molar-refractivity contribution in [3.8, 4) is 0 Å². The molecule has 1 heterocycles. The molecule has 1 N–H and O–H groups in total. The summed E-state index contributed by atoms with van der Waals surface area (Å²) in [6, 6.07) is 6.82. The Balaban J connectivity index is 2.06. The Kier molecular flexibility index (Phi) is 3.64. The lowest BCUT2D eigenvalue weighted by Gasteiger charge is -2.07. The lowest BCUT2D eigenvalue weighted by atomic mass is 10.0. The number of hydrogen-bond acceptors (Lipinski definition) is 3. The van der Waals surface area contributed by atoms with Crippen LogP contribution in [-0.2, 0) is 11.2 Å². The normalized spacial score (nSPS) is 18.2. The van der Waals surface area contributed by atoms with E-state index in [4.69, 9.17) is 5.11 Å². The van der Waals surface area contributed by atoms with Gasteiger partial charge in [0.25, 0.3) is 0 Å². The van der Waals surface area contributed by atoms with Gasteiger partial charge >= 0.3 is 5.97 Å². The molecule has 0 saturated carbocycles. The van der Waals surface area contributed by atoms with Gasteiger partial charge in [-0.25, -0.2) is 0 Å². The Morgan fingerprint density at radius 3 is 2.53 bits per heavy atom. The molecule has 1 aliphatic rings. The van der Waals surface area contributed by atoms with Crippen LogP contribution in [0.5, 0.6) is 0 Å². The number of ketones is 1. The number of carbonyl (C=O) groups is 2. The molecule has 1 aliphatic heterocycles. The molecular weight excluding hydrogens is 236 g/mol. The van der Waals surface area contributed by atoms with Crippen LogP contribution < -0.4 is 0 Å². The van der Waals surface area contributed by atoms with E-state index >= 15 is 0 Å². The molecule has 0 bridgehead atoms. The lowest BCUT2D eigenvalue weighted by Crippen LogP contribution is -2.14. The number of carbonyl (C=O) groups excluding carboxylic acids is 1. The van der Waals surface area contributed by atoms with Gasteiger partial charge in [-0.05, 0) is 17.4 Å². The largest absolute Gasteiger partial charge is 0.481 e. The minimum Gasteiger partial charge on any atom is -0.481 e. The molecule has 4 heteroatoms. The van der Waals surface area contributed by atoms with Gasteiger partial charge in [0.15, 0.2) is 5.78 Å². The molecule has 2 rings (SSSR count). The molecule has 1 unspecified atom stereocenters. The maximum Gasteiger partial charge on any atom is 0.307 e. The van der Waals surface area contributed by atoms with Gasteiger partial charge < -0.3 is 5.11 Å². The van der Waals surface area contributed by atoms with E-state index in [1.807, 2.05) is 11.5 Å². The van der Waals surface area contributed by atoms with Gasteiger partial charge in [0.2, 0.25) is 0 Å². The number of benzene rings is 1. The Morgan fingerprint density at radius 1 is 1.29 bits per heavy atom. The number of carboxylic acids is 1. The first-order chi connectivity index (χ1) is 8.16. The molecule has 0 aliphatic carbocycles. The minimum atomic E-state index is -0.861. The van der Waals surface area contributed by atoms with Crippen LogP contribution in [0.3, 0.4) is 0 Å². The summed E-state index contributed by atoms with van der Waals surface area (Å²) < 4.78 is 0. The van der Waals surface area contributed by atoms with E-state index < -0.39 is 5.97 Å². The lowest BCUT2D eigenvalue weighted by molar-refractivity contribution is -0.136. The van der Waals surface area contributed by atoms with Crippen LogP contribution in [-0.4, -0.2) is 22.1 Å². The molecule has 88 valence electrons. The Labute approximate surface area is 104 Å². The van der Waals surface area contributed by atoms with E-state index in [9.17, 15) is 9.59 Å². The minimum absolute atomic E-state index is 0.00575. The van der Waals surface area contributed by atoms with Crippen LogP contribution in [0, 0.1) is 0 Å². The summed E-state index contributed by atoms with van der Waals surface area (Å²) in [5.41, 5.74) is 1.37. The SMILES string of the molecule is O=C(O)Cc1ccc(C(=O)C2CC=CS2)cc1. The van der Waals surface area contributed by atoms with Crippen LogP contribution in [0.1, 0.15) is 22.3 Å². The second kappa shape index (κ2) is 5.19. The van der Waals surface area contributed by atoms with Crippen molar-refractivity contribution in [2.45, 2.75) is 18.1 Å². The number of Topliss-reactive ketones (excluding diaryl/α,β-unsaturated/α-hetero) is 1. The number of thioether (sulfide) groups is 1. The van der Waals surface area contributed by atoms with Crippen LogP contribution >= 0.6 is 11.8 Å². The summed E-state index contributed by atoms with van der Waals surface area (Å²) in [7, 11) is 0. The van der Waals surface area contributed by atoms with E-state index in [1.54, 1.807) is 24.3 Å². The number of carboxylic acid groups (broad SMARTS) is 1. The molecule has 1 aromatic rings. The van der Waals surface area contributed by atoms with E-state index in [1.165, 1.54) is 11.8 Å². The van der Waals surface area contributed by atoms with E-state index in [-0.39, 0.29) is 17.5 Å². The zero-order valence-electron chi connectivity index (χ0n) is 9.13. The zero-order chi connectivity index (χ0) is 12.3. The third kappa shape index (κ3) is 2.97. The van der Waals surface area contributed by atoms with Gasteiger partial charge in [-0.2, -0.15) is 0 Å². The van der Waals surface area contributed by atoms with Crippen molar-refractivity contribution in [1.82, 2.24) is 0 Å². The molecular formula is C13H12O3S. The van der Waals surface area contributed by atoms with Gasteiger partial charge in [0.1, 0.15) is 0 Å². The summed E-state index contributed by atoms with van der Waals surface area (Å²) in [6.07, 6.45) is 2.76. The van der Waals surface area contributed by atoms with Gasteiger partial charge in [-0.3, -0.25) is 9.59 Å². The summed E-state index contributed by atoms with van der Waals surface area (Å²) in [6.45, 7) is 0. The van der Waals surface area contributed by atoms with Gasteiger partial charge in [-0.1, -0.05) is 30.3 Å². The highest BCUT2D eigenvalue weighted by atomic mass is 32.2. The van der Waals surface area contributed by atoms with Crippen molar-refractivity contribution >= 4 is 23.5 Å². The predicted molar refractivity (Wildman–Crippen MR) is 67.2 cm³/mol. The first kappa shape index (κ1) is 11.9. The van der Waals surface area contributed by atoms with Crippen molar-refractivity contribution in [3.63, 3.8) is 0 Å². The molecule has 17 heavy (non-hydrogen) atoms. The number of rotatable bonds is 4. The predicted octanol–water partition coefficient (Wildman–Crippen LogP) is 2.52. The van der Waals surface area contributed by atoms with Crippen LogP contribution in [0.2, 0.25) is 0 Å². The second-order valence-electron chi connectivity index (χ2n) is 3.86. The molecule has 0 spiro atoms. The Hall–Kier alpha value is -1.55. The molecule has 0 radical (unpaired) electrons. The van der Waals surface area contributed by atoms with E-state index in [2.05, 4.69) is 0 Å². The highest BCUT2D eigenvalue weighted by Gasteiger charge is 2.21. The maximum absolute atomic E-state index is 12.0. The van der Waals surface area contributed by atoms with Gasteiger partial charge in [0, 0.05) is 5.56 Å². The van der Waals surface area contributed by atoms with Crippen LogP contribution in [0.15, 0.2) is 35.7 Å². The fourth-order valence-corrected chi connectivity index (χ4v) is 2.60. The van der Waals surface area contributed by atoms with Crippen LogP contribution in [0.4, 0.5) is 0 Å². The summed E-state index contributed by atoms with van der Waals surface area (Å²) in [5, 5.41) is 10.6. The molecule has 1 atom stereocenters. The van der Waals surface area contributed by atoms with Crippen LogP contribution in [0.25, 0.3) is 0 Å². The highest BCUT2D eigenvalue weighted by Crippen LogP contribution is 2.27. The zero-order valence-corrected chi connectivity index (χ0v) is 9.94. The standard InChI is InChI=1S/C13H12O3S/c14-12(15)8-9-3-5-10(6-4-9)13(16)11-2-1-7-17-11/h1,3-7,11H,2,8H2,(H,14,15). The van der Waals surface area contributed by atoms with Crippen molar-refractivity contribution in [2.75, 3.05) is 0 Å². The van der Waals surface area contributed by atoms with Crippen molar-refractivity contribution in [1.29, 1.82) is 0 Å². The number of hydrogen-bond donors (Lipinski definition) is 1.